The smallest absolute Gasteiger partial charge is 0.481 e. The van der Waals surface area contributed by atoms with Gasteiger partial charge in [-0.15, -0.1) is 11.8 Å². The summed E-state index contributed by atoms with van der Waals surface area (Å²) in [6.07, 6.45) is -0.0900. The van der Waals surface area contributed by atoms with Crippen LogP contribution >= 0.6 is 11.8 Å². The number of thioether (sulfide) groups is 1. The van der Waals surface area contributed by atoms with Crippen LogP contribution in [0.15, 0.2) is 34.1 Å². The number of hydrogen-bond donors (Lipinski definition) is 1. The van der Waals surface area contributed by atoms with Crippen molar-refractivity contribution in [2.75, 3.05) is 5.75 Å². The van der Waals surface area contributed by atoms with Crippen molar-refractivity contribution in [1.82, 2.24) is 0 Å². The lowest BCUT2D eigenvalue weighted by Crippen LogP contribution is -2.23. The van der Waals surface area contributed by atoms with Gasteiger partial charge in [0.25, 0.3) is 9.84 Å². The van der Waals surface area contributed by atoms with Crippen LogP contribution in [0.4, 0.5) is 13.2 Å². The van der Waals surface area contributed by atoms with E-state index in [2.05, 4.69) is 0 Å². The summed E-state index contributed by atoms with van der Waals surface area (Å²) in [6, 6.07) is 4.13. The van der Waals surface area contributed by atoms with Crippen molar-refractivity contribution >= 4 is 27.6 Å². The number of carbonyl (C=O) groups is 1. The first kappa shape index (κ1) is 15.8. The average molecular weight is 314 g/mol. The van der Waals surface area contributed by atoms with E-state index in [-0.39, 0.29) is 12.2 Å². The van der Waals surface area contributed by atoms with Crippen LogP contribution in [-0.2, 0) is 14.6 Å². The normalized spacial score (nSPS) is 12.4. The van der Waals surface area contributed by atoms with Crippen LogP contribution in [0.5, 0.6) is 0 Å². The fourth-order valence-electron chi connectivity index (χ4n) is 1.10. The highest BCUT2D eigenvalue weighted by molar-refractivity contribution is 7.99. The molecule has 0 saturated carbocycles. The summed E-state index contributed by atoms with van der Waals surface area (Å²) in [7, 11) is -5.33. The summed E-state index contributed by atoms with van der Waals surface area (Å²) in [4.78, 5) is 9.94. The first-order valence-electron chi connectivity index (χ1n) is 4.90. The van der Waals surface area contributed by atoms with Crippen molar-refractivity contribution in [3.8, 4) is 0 Å². The fraction of sp³-hybridized carbons (Fsp3) is 0.300. The third kappa shape index (κ3) is 4.13. The van der Waals surface area contributed by atoms with Crippen LogP contribution < -0.4 is 0 Å². The predicted molar refractivity (Wildman–Crippen MR) is 62.7 cm³/mol. The minimum atomic E-state index is -5.33. The standard InChI is InChI=1S/C10H9F3O4S2/c11-10(12,13)19(16,17)8-3-1-7(2-4-8)18-6-5-9(14)15/h1-4H,5-6H2,(H,14,15). The molecular formula is C10H9F3O4S2. The molecule has 1 N–H and O–H groups in total. The molecule has 0 radical (unpaired) electrons. The van der Waals surface area contributed by atoms with E-state index >= 15 is 0 Å². The molecule has 0 heterocycles. The zero-order chi connectivity index (χ0) is 14.7. The zero-order valence-corrected chi connectivity index (χ0v) is 11.0. The number of benzene rings is 1. The van der Waals surface area contributed by atoms with Crippen molar-refractivity contribution in [3.05, 3.63) is 24.3 Å². The molecule has 0 fully saturated rings. The molecule has 0 aliphatic heterocycles. The van der Waals surface area contributed by atoms with E-state index in [1.54, 1.807) is 0 Å². The van der Waals surface area contributed by atoms with Crippen LogP contribution in [0, 0.1) is 0 Å². The molecule has 0 atom stereocenters. The summed E-state index contributed by atoms with van der Waals surface area (Å²) >= 11 is 1.12. The first-order chi connectivity index (χ1) is 8.64. The van der Waals surface area contributed by atoms with Gasteiger partial charge in [0.15, 0.2) is 0 Å². The van der Waals surface area contributed by atoms with Crippen LogP contribution in [0.2, 0.25) is 0 Å². The van der Waals surface area contributed by atoms with Gasteiger partial charge < -0.3 is 5.11 Å². The van der Waals surface area contributed by atoms with E-state index in [0.29, 0.717) is 4.90 Å². The summed E-state index contributed by atoms with van der Waals surface area (Å²) in [5.41, 5.74) is -5.33. The maximum absolute atomic E-state index is 12.3. The number of rotatable bonds is 5. The minimum absolute atomic E-state index is 0.0900. The van der Waals surface area contributed by atoms with Crippen molar-refractivity contribution in [1.29, 1.82) is 0 Å². The second-order valence-corrected chi connectivity index (χ2v) is 6.52. The lowest BCUT2D eigenvalue weighted by molar-refractivity contribution is -0.136. The summed E-state index contributed by atoms with van der Waals surface area (Å²) in [5.74, 6) is -0.732. The Morgan fingerprint density at radius 3 is 2.16 bits per heavy atom. The highest BCUT2D eigenvalue weighted by Crippen LogP contribution is 2.31. The monoisotopic (exact) mass is 314 g/mol. The van der Waals surface area contributed by atoms with Crippen LogP contribution in [-0.4, -0.2) is 30.8 Å². The molecular weight excluding hydrogens is 305 g/mol. The number of halogens is 3. The molecule has 1 aromatic rings. The number of hydrogen-bond acceptors (Lipinski definition) is 4. The molecule has 0 unspecified atom stereocenters. The molecule has 0 spiro atoms. The molecule has 0 aliphatic rings. The van der Waals surface area contributed by atoms with Gasteiger partial charge in [-0.1, -0.05) is 0 Å². The lowest BCUT2D eigenvalue weighted by Gasteiger charge is -2.08. The SMILES string of the molecule is O=C(O)CCSc1ccc(S(=O)(=O)C(F)(F)F)cc1. The Hall–Kier alpha value is -1.22. The molecule has 1 aromatic carbocycles. The van der Waals surface area contributed by atoms with Gasteiger partial charge in [-0.3, -0.25) is 4.79 Å². The maximum Gasteiger partial charge on any atom is 0.501 e. The third-order valence-corrected chi connectivity index (χ3v) is 4.54. The average Bonchev–Trinajstić information content (AvgIpc) is 2.27. The van der Waals surface area contributed by atoms with Crippen LogP contribution in [0.3, 0.4) is 0 Å². The largest absolute Gasteiger partial charge is 0.501 e. The summed E-state index contributed by atoms with van der Waals surface area (Å²) in [5, 5.41) is 8.41. The van der Waals surface area contributed by atoms with E-state index in [1.165, 1.54) is 12.1 Å². The molecule has 4 nitrogen and oxygen atoms in total. The molecule has 0 bridgehead atoms. The molecule has 106 valence electrons. The number of alkyl halides is 3. The Labute approximate surface area is 111 Å². The molecule has 1 rings (SSSR count). The van der Waals surface area contributed by atoms with E-state index < -0.39 is 26.2 Å². The molecule has 0 aliphatic carbocycles. The number of carboxylic acid groups (broad SMARTS) is 1. The van der Waals surface area contributed by atoms with Gasteiger partial charge in [0.1, 0.15) is 0 Å². The number of carboxylic acids is 1. The summed E-state index contributed by atoms with van der Waals surface area (Å²) < 4.78 is 58.9. The lowest BCUT2D eigenvalue weighted by atomic mass is 10.4. The molecule has 19 heavy (non-hydrogen) atoms. The topological polar surface area (TPSA) is 71.4 Å². The van der Waals surface area contributed by atoms with E-state index in [1.807, 2.05) is 0 Å². The van der Waals surface area contributed by atoms with Gasteiger partial charge in [0.05, 0.1) is 11.3 Å². The Morgan fingerprint density at radius 2 is 1.74 bits per heavy atom. The molecule has 9 heteroatoms. The number of aliphatic carboxylic acids is 1. The van der Waals surface area contributed by atoms with Gasteiger partial charge in [0, 0.05) is 10.6 Å². The second-order valence-electron chi connectivity index (χ2n) is 3.41. The minimum Gasteiger partial charge on any atom is -0.481 e. The van der Waals surface area contributed by atoms with Gasteiger partial charge in [-0.05, 0) is 24.3 Å². The van der Waals surface area contributed by atoms with Gasteiger partial charge in [-0.2, -0.15) is 13.2 Å². The van der Waals surface area contributed by atoms with Crippen LogP contribution in [0.1, 0.15) is 6.42 Å². The molecule has 0 saturated heterocycles. The maximum atomic E-state index is 12.3. The van der Waals surface area contributed by atoms with E-state index in [9.17, 15) is 26.4 Å². The highest BCUT2D eigenvalue weighted by atomic mass is 32.2. The van der Waals surface area contributed by atoms with E-state index in [4.69, 9.17) is 5.11 Å². The van der Waals surface area contributed by atoms with Crippen molar-refractivity contribution in [2.45, 2.75) is 21.7 Å². The quantitative estimate of drug-likeness (QED) is 0.846. The first-order valence-corrected chi connectivity index (χ1v) is 7.37. The van der Waals surface area contributed by atoms with E-state index in [0.717, 1.165) is 23.9 Å². The predicted octanol–water partition coefficient (Wildman–Crippen LogP) is 2.55. The number of sulfone groups is 1. The van der Waals surface area contributed by atoms with Crippen molar-refractivity contribution < 1.29 is 31.5 Å². The highest BCUT2D eigenvalue weighted by Gasteiger charge is 2.46. The third-order valence-electron chi connectivity index (χ3n) is 2.02. The Balaban J connectivity index is 2.80. The fourth-order valence-corrected chi connectivity index (χ4v) is 2.71. The summed E-state index contributed by atoms with van der Waals surface area (Å²) in [6.45, 7) is 0. The second kappa shape index (κ2) is 5.83. The zero-order valence-electron chi connectivity index (χ0n) is 9.35. The van der Waals surface area contributed by atoms with Gasteiger partial charge >= 0.3 is 11.5 Å². The van der Waals surface area contributed by atoms with Gasteiger partial charge in [0.2, 0.25) is 0 Å². The van der Waals surface area contributed by atoms with Gasteiger partial charge in [-0.25, -0.2) is 8.42 Å². The Morgan fingerprint density at radius 1 is 1.21 bits per heavy atom. The van der Waals surface area contributed by atoms with Crippen LogP contribution in [0.25, 0.3) is 0 Å². The molecule has 0 aromatic heterocycles. The van der Waals surface area contributed by atoms with Crippen molar-refractivity contribution in [3.63, 3.8) is 0 Å². The Bertz CT molecular complexity index is 549. The molecule has 0 amide bonds. The Kier molecular flexibility index (Phi) is 4.86. The van der Waals surface area contributed by atoms with Crippen molar-refractivity contribution in [2.24, 2.45) is 0 Å².